The minimum absolute atomic E-state index is 0.0587. The number of fused-ring (bicyclic) bond motifs is 1. The molecule has 1 aliphatic heterocycles. The summed E-state index contributed by atoms with van der Waals surface area (Å²) in [5.41, 5.74) is -0.509. The van der Waals surface area contributed by atoms with Crippen molar-refractivity contribution in [3.63, 3.8) is 0 Å². The number of benzene rings is 2. The van der Waals surface area contributed by atoms with Gasteiger partial charge >= 0.3 is 0 Å². The van der Waals surface area contributed by atoms with Gasteiger partial charge in [-0.1, -0.05) is 29.8 Å². The number of allylic oxidation sites excluding steroid dienone is 1. The molecule has 1 atom stereocenters. The summed E-state index contributed by atoms with van der Waals surface area (Å²) in [5, 5.41) is 4.75. The van der Waals surface area contributed by atoms with Crippen molar-refractivity contribution in [2.24, 2.45) is 4.99 Å². The van der Waals surface area contributed by atoms with Gasteiger partial charge in [0.2, 0.25) is 15.3 Å². The number of aromatic nitrogens is 1. The Morgan fingerprint density at radius 2 is 1.97 bits per heavy atom. The highest BCUT2D eigenvalue weighted by atomic mass is 35.5. The normalized spacial score (nSPS) is 16.9. The van der Waals surface area contributed by atoms with Gasteiger partial charge in [-0.15, -0.1) is 11.3 Å². The van der Waals surface area contributed by atoms with E-state index in [0.29, 0.717) is 5.02 Å². The van der Waals surface area contributed by atoms with Gasteiger partial charge in [0.05, 0.1) is 15.8 Å². The van der Waals surface area contributed by atoms with E-state index in [1.54, 1.807) is 36.4 Å². The minimum Gasteiger partial charge on any atom is -0.358 e. The number of thiophene rings is 1. The van der Waals surface area contributed by atoms with E-state index < -0.39 is 36.8 Å². The van der Waals surface area contributed by atoms with Crippen LogP contribution >= 0.6 is 22.9 Å². The standard InChI is InChI=1S/C26H19ClFN3O4S2/c27-17-6-4-16(5-7-17)14-30-25(33)21-15-29-23-20(24(21)32)11-19(12-22(23)28)37(34,35)26(8-2-9-31-26)13-18-3-1-10-36-18/h1-12,15H,13-14H2,(H,29,32)(H,30,33). The average molecular weight is 556 g/mol. The first-order chi connectivity index (χ1) is 17.7. The van der Waals surface area contributed by atoms with Gasteiger partial charge in [0.15, 0.2) is 4.87 Å². The Bertz CT molecular complexity index is 1720. The van der Waals surface area contributed by atoms with Gasteiger partial charge in [-0.3, -0.25) is 14.6 Å². The molecule has 188 valence electrons. The van der Waals surface area contributed by atoms with Crippen molar-refractivity contribution in [3.8, 4) is 0 Å². The summed E-state index contributed by atoms with van der Waals surface area (Å²) >= 11 is 7.26. The molecule has 11 heteroatoms. The highest BCUT2D eigenvalue weighted by Gasteiger charge is 2.44. The van der Waals surface area contributed by atoms with Gasteiger partial charge in [-0.2, -0.15) is 0 Å². The Labute approximate surface area is 220 Å². The third kappa shape index (κ3) is 4.63. The van der Waals surface area contributed by atoms with E-state index in [4.69, 9.17) is 11.6 Å². The molecule has 0 saturated heterocycles. The number of sulfone groups is 1. The lowest BCUT2D eigenvalue weighted by Crippen LogP contribution is -2.36. The molecule has 1 unspecified atom stereocenters. The quantitative estimate of drug-likeness (QED) is 0.345. The van der Waals surface area contributed by atoms with E-state index in [1.165, 1.54) is 29.7 Å². The summed E-state index contributed by atoms with van der Waals surface area (Å²) in [7, 11) is -4.27. The van der Waals surface area contributed by atoms with Crippen LogP contribution < -0.4 is 10.7 Å². The Hall–Kier alpha value is -3.60. The molecule has 4 aromatic rings. The van der Waals surface area contributed by atoms with Crippen molar-refractivity contribution < 1.29 is 17.6 Å². The van der Waals surface area contributed by atoms with Crippen molar-refractivity contribution in [2.45, 2.75) is 22.7 Å². The second-order valence-corrected chi connectivity index (χ2v) is 12.1. The molecular formula is C26H19ClFN3O4S2. The molecular weight excluding hydrogens is 537 g/mol. The molecule has 7 nitrogen and oxygen atoms in total. The van der Waals surface area contributed by atoms with Crippen molar-refractivity contribution in [1.82, 2.24) is 10.3 Å². The van der Waals surface area contributed by atoms with Gasteiger partial charge < -0.3 is 10.3 Å². The molecule has 3 heterocycles. The van der Waals surface area contributed by atoms with Crippen LogP contribution in [0.15, 0.2) is 86.9 Å². The van der Waals surface area contributed by atoms with Crippen LogP contribution in [0.25, 0.3) is 10.9 Å². The summed E-state index contributed by atoms with van der Waals surface area (Å²) in [4.78, 5) is 31.5. The fraction of sp³-hybridized carbons (Fsp3) is 0.115. The smallest absolute Gasteiger partial charge is 0.257 e. The van der Waals surface area contributed by atoms with Gasteiger partial charge in [0.25, 0.3) is 5.91 Å². The lowest BCUT2D eigenvalue weighted by Gasteiger charge is -2.24. The number of halogens is 2. The van der Waals surface area contributed by atoms with Gasteiger partial charge in [0.1, 0.15) is 11.4 Å². The predicted octanol–water partition coefficient (Wildman–Crippen LogP) is 4.67. The summed E-state index contributed by atoms with van der Waals surface area (Å²) in [6, 6.07) is 12.4. The molecule has 0 aliphatic carbocycles. The topological polar surface area (TPSA) is 108 Å². The van der Waals surface area contributed by atoms with Crippen molar-refractivity contribution >= 4 is 55.8 Å². The van der Waals surface area contributed by atoms with Crippen LogP contribution in [0.1, 0.15) is 20.8 Å². The van der Waals surface area contributed by atoms with Crippen molar-refractivity contribution in [1.29, 1.82) is 0 Å². The van der Waals surface area contributed by atoms with Crippen LogP contribution in [0.3, 0.4) is 0 Å². The molecule has 37 heavy (non-hydrogen) atoms. The number of pyridine rings is 1. The second-order valence-electron chi connectivity index (χ2n) is 8.41. The zero-order valence-electron chi connectivity index (χ0n) is 19.1. The molecule has 0 bridgehead atoms. The zero-order valence-corrected chi connectivity index (χ0v) is 21.5. The van der Waals surface area contributed by atoms with Crippen molar-refractivity contribution in [3.05, 3.63) is 109 Å². The van der Waals surface area contributed by atoms with Gasteiger partial charge in [-0.05, 0) is 53.4 Å². The number of carbonyl (C=O) groups excluding carboxylic acids is 1. The fourth-order valence-corrected chi connectivity index (χ4v) is 6.85. The molecule has 0 radical (unpaired) electrons. The molecule has 2 N–H and O–H groups in total. The minimum atomic E-state index is -4.27. The summed E-state index contributed by atoms with van der Waals surface area (Å²) in [6.07, 6.45) is 5.54. The highest BCUT2D eigenvalue weighted by molar-refractivity contribution is 7.93. The van der Waals surface area contributed by atoms with Crippen LogP contribution in [0, 0.1) is 5.82 Å². The first-order valence-corrected chi connectivity index (χ1v) is 13.8. The maximum Gasteiger partial charge on any atom is 0.257 e. The number of rotatable bonds is 7. The van der Waals surface area contributed by atoms with E-state index in [9.17, 15) is 18.0 Å². The summed E-state index contributed by atoms with van der Waals surface area (Å²) in [6.45, 7) is 0.131. The van der Waals surface area contributed by atoms with Gasteiger partial charge in [-0.25, -0.2) is 12.8 Å². The van der Waals surface area contributed by atoms with E-state index in [0.717, 1.165) is 28.8 Å². The van der Waals surface area contributed by atoms with Crippen LogP contribution in [-0.4, -0.2) is 30.4 Å². The van der Waals surface area contributed by atoms with E-state index in [1.807, 2.05) is 5.38 Å². The zero-order chi connectivity index (χ0) is 26.2. The molecule has 2 aromatic carbocycles. The maximum atomic E-state index is 15.1. The van der Waals surface area contributed by atoms with E-state index >= 15 is 4.39 Å². The average Bonchev–Trinajstić information content (AvgIpc) is 3.57. The number of hydrogen-bond donors (Lipinski definition) is 2. The molecule has 0 spiro atoms. The number of amides is 1. The fourth-order valence-electron chi connectivity index (χ4n) is 4.10. The largest absolute Gasteiger partial charge is 0.358 e. The van der Waals surface area contributed by atoms with Crippen molar-refractivity contribution in [2.75, 3.05) is 0 Å². The molecule has 5 rings (SSSR count). The predicted molar refractivity (Wildman–Crippen MR) is 143 cm³/mol. The van der Waals surface area contributed by atoms with Crippen LogP contribution in [0.5, 0.6) is 0 Å². The number of nitrogens with zero attached hydrogens (tertiary/aromatic N) is 1. The Kier molecular flexibility index (Phi) is 6.57. The number of H-pyrrole nitrogens is 1. The summed E-state index contributed by atoms with van der Waals surface area (Å²) < 4.78 is 42.6. The third-order valence-corrected chi connectivity index (χ3v) is 9.35. The van der Waals surface area contributed by atoms with E-state index in [-0.39, 0.29) is 29.4 Å². The molecule has 2 aromatic heterocycles. The second kappa shape index (κ2) is 9.70. The van der Waals surface area contributed by atoms with Gasteiger partial charge in [0, 0.05) is 35.3 Å². The Morgan fingerprint density at radius 3 is 2.65 bits per heavy atom. The number of hydrogen-bond acceptors (Lipinski definition) is 6. The van der Waals surface area contributed by atoms with Crippen LogP contribution in [0.2, 0.25) is 5.02 Å². The lowest BCUT2D eigenvalue weighted by molar-refractivity contribution is 0.0949. The highest BCUT2D eigenvalue weighted by Crippen LogP contribution is 2.36. The maximum absolute atomic E-state index is 15.1. The number of aliphatic imine (C=N–C) groups is 1. The SMILES string of the molecule is O=C(NCc1ccc(Cl)cc1)c1c[nH]c2c(F)cc(S(=O)(=O)C3(Cc4cccs4)C=CC=N3)cc2c1=O. The summed E-state index contributed by atoms with van der Waals surface area (Å²) in [5.74, 6) is -1.62. The molecule has 1 aliphatic rings. The molecule has 1 amide bonds. The first-order valence-electron chi connectivity index (χ1n) is 11.1. The lowest BCUT2D eigenvalue weighted by atomic mass is 10.1. The first kappa shape index (κ1) is 25.1. The number of carbonyl (C=O) groups is 1. The third-order valence-electron chi connectivity index (χ3n) is 6.04. The van der Waals surface area contributed by atoms with E-state index in [2.05, 4.69) is 15.3 Å². The monoisotopic (exact) mass is 555 g/mol. The number of aromatic amines is 1. The van der Waals surface area contributed by atoms with Crippen LogP contribution in [-0.2, 0) is 22.8 Å². The van der Waals surface area contributed by atoms with Crippen LogP contribution in [0.4, 0.5) is 4.39 Å². The molecule has 0 saturated carbocycles. The Balaban J connectivity index is 1.52. The molecule has 0 fully saturated rings. The Morgan fingerprint density at radius 1 is 1.19 bits per heavy atom. The number of nitrogens with one attached hydrogen (secondary N) is 2.